The van der Waals surface area contributed by atoms with Gasteiger partial charge < -0.3 is 20.4 Å². The Labute approximate surface area is 88.4 Å². The summed E-state index contributed by atoms with van der Waals surface area (Å²) in [7, 11) is 0. The maximum Gasteiger partial charge on any atom is 0.126 e. The van der Waals surface area contributed by atoms with E-state index in [1.807, 2.05) is 13.8 Å². The molecule has 1 aromatic rings. The fraction of sp³-hybridized carbons (Fsp3) is 0.455. The second-order valence-corrected chi connectivity index (χ2v) is 4.46. The molecule has 15 heavy (non-hydrogen) atoms. The SMILES string of the molecule is CC(C)(CO)Cc1c(O)cc(O)cc1O. The number of phenolic OH excluding ortho intramolecular Hbond substituents is 3. The van der Waals surface area contributed by atoms with E-state index < -0.39 is 5.41 Å². The molecule has 4 heteroatoms. The number of benzene rings is 1. The molecule has 0 heterocycles. The van der Waals surface area contributed by atoms with Crippen LogP contribution in [0.1, 0.15) is 19.4 Å². The first kappa shape index (κ1) is 11.7. The Hall–Kier alpha value is -1.42. The van der Waals surface area contributed by atoms with Gasteiger partial charge in [-0.2, -0.15) is 0 Å². The molecule has 0 fully saturated rings. The van der Waals surface area contributed by atoms with Crippen LogP contribution in [0.4, 0.5) is 0 Å². The van der Waals surface area contributed by atoms with E-state index in [0.717, 1.165) is 0 Å². The third kappa shape index (κ3) is 2.76. The van der Waals surface area contributed by atoms with Crippen LogP contribution in [-0.4, -0.2) is 27.0 Å². The van der Waals surface area contributed by atoms with Crippen LogP contribution in [-0.2, 0) is 6.42 Å². The van der Waals surface area contributed by atoms with Crippen LogP contribution in [0.2, 0.25) is 0 Å². The van der Waals surface area contributed by atoms with Gasteiger partial charge in [0, 0.05) is 24.3 Å². The third-order valence-corrected chi connectivity index (χ3v) is 2.27. The molecule has 0 aromatic heterocycles. The highest BCUT2D eigenvalue weighted by atomic mass is 16.3. The topological polar surface area (TPSA) is 80.9 Å². The Morgan fingerprint density at radius 3 is 1.93 bits per heavy atom. The Kier molecular flexibility index (Phi) is 3.09. The minimum atomic E-state index is -0.425. The van der Waals surface area contributed by atoms with Crippen LogP contribution >= 0.6 is 0 Å². The largest absolute Gasteiger partial charge is 0.508 e. The second kappa shape index (κ2) is 3.98. The number of rotatable bonds is 3. The Morgan fingerprint density at radius 1 is 1.07 bits per heavy atom. The molecule has 0 bridgehead atoms. The summed E-state index contributed by atoms with van der Waals surface area (Å²) in [6.07, 6.45) is 0.335. The van der Waals surface area contributed by atoms with Gasteiger partial charge in [0.15, 0.2) is 0 Å². The van der Waals surface area contributed by atoms with E-state index in [1.54, 1.807) is 0 Å². The molecule has 4 N–H and O–H groups in total. The maximum atomic E-state index is 9.53. The molecule has 4 nitrogen and oxygen atoms in total. The molecular weight excluding hydrogens is 196 g/mol. The molecule has 0 amide bonds. The van der Waals surface area contributed by atoms with E-state index in [2.05, 4.69) is 0 Å². The molecule has 0 saturated heterocycles. The van der Waals surface area contributed by atoms with Crippen LogP contribution in [0, 0.1) is 5.41 Å². The predicted molar refractivity (Wildman–Crippen MR) is 56.0 cm³/mol. The molecule has 0 radical (unpaired) electrons. The van der Waals surface area contributed by atoms with Gasteiger partial charge in [-0.15, -0.1) is 0 Å². The summed E-state index contributed by atoms with van der Waals surface area (Å²) in [4.78, 5) is 0. The molecule has 1 aromatic carbocycles. The molecule has 0 aliphatic carbocycles. The molecule has 0 spiro atoms. The average Bonchev–Trinajstić information content (AvgIpc) is 2.11. The Balaban J connectivity index is 3.05. The van der Waals surface area contributed by atoms with Gasteiger partial charge in [-0.1, -0.05) is 13.8 Å². The van der Waals surface area contributed by atoms with Crippen LogP contribution in [0.5, 0.6) is 17.2 Å². The lowest BCUT2D eigenvalue weighted by atomic mass is 9.86. The van der Waals surface area contributed by atoms with Crippen molar-refractivity contribution < 1.29 is 20.4 Å². The number of hydrogen-bond acceptors (Lipinski definition) is 4. The van der Waals surface area contributed by atoms with Crippen LogP contribution in [0.25, 0.3) is 0 Å². The first-order chi connectivity index (χ1) is 6.85. The van der Waals surface area contributed by atoms with E-state index in [4.69, 9.17) is 10.2 Å². The fourth-order valence-electron chi connectivity index (χ4n) is 1.34. The van der Waals surface area contributed by atoms with Crippen molar-refractivity contribution in [2.24, 2.45) is 5.41 Å². The Morgan fingerprint density at radius 2 is 1.53 bits per heavy atom. The average molecular weight is 212 g/mol. The van der Waals surface area contributed by atoms with Crippen molar-refractivity contribution in [3.63, 3.8) is 0 Å². The lowest BCUT2D eigenvalue weighted by Gasteiger charge is -2.22. The van der Waals surface area contributed by atoms with E-state index in [1.165, 1.54) is 12.1 Å². The standard InChI is InChI=1S/C11H16O4/c1-11(2,6-12)5-8-9(14)3-7(13)4-10(8)15/h3-4,12-15H,5-6H2,1-2H3. The van der Waals surface area contributed by atoms with Gasteiger partial charge in [-0.3, -0.25) is 0 Å². The lowest BCUT2D eigenvalue weighted by molar-refractivity contribution is 0.158. The van der Waals surface area contributed by atoms with E-state index in [-0.39, 0.29) is 23.9 Å². The summed E-state index contributed by atoms with van der Waals surface area (Å²) in [5, 5.41) is 37.2. The predicted octanol–water partition coefficient (Wildman–Crippen LogP) is 1.36. The van der Waals surface area contributed by atoms with Crippen LogP contribution in [0.15, 0.2) is 12.1 Å². The summed E-state index contributed by atoms with van der Waals surface area (Å²) in [5.41, 5.74) is -0.0850. The lowest BCUT2D eigenvalue weighted by Crippen LogP contribution is -2.19. The maximum absolute atomic E-state index is 9.53. The van der Waals surface area contributed by atoms with Crippen molar-refractivity contribution in [1.29, 1.82) is 0 Å². The minimum Gasteiger partial charge on any atom is -0.508 e. The van der Waals surface area contributed by atoms with Crippen molar-refractivity contribution in [3.05, 3.63) is 17.7 Å². The molecule has 0 unspecified atom stereocenters. The highest BCUT2D eigenvalue weighted by Crippen LogP contribution is 2.36. The summed E-state index contributed by atoms with van der Waals surface area (Å²) >= 11 is 0. The molecule has 1 rings (SSSR count). The van der Waals surface area contributed by atoms with Crippen LogP contribution in [0.3, 0.4) is 0 Å². The van der Waals surface area contributed by atoms with Gasteiger partial charge in [-0.05, 0) is 11.8 Å². The number of aliphatic hydroxyl groups is 1. The summed E-state index contributed by atoms with van der Waals surface area (Å²) in [6, 6.07) is 2.34. The number of aliphatic hydroxyl groups excluding tert-OH is 1. The zero-order chi connectivity index (χ0) is 11.6. The van der Waals surface area contributed by atoms with Crippen LogP contribution < -0.4 is 0 Å². The fourth-order valence-corrected chi connectivity index (χ4v) is 1.34. The van der Waals surface area contributed by atoms with Gasteiger partial charge in [-0.25, -0.2) is 0 Å². The van der Waals surface area contributed by atoms with Gasteiger partial charge in [0.1, 0.15) is 17.2 Å². The molecule has 0 saturated carbocycles. The summed E-state index contributed by atoms with van der Waals surface area (Å²) in [5.74, 6) is -0.501. The van der Waals surface area contributed by atoms with Gasteiger partial charge in [0.2, 0.25) is 0 Å². The molecule has 0 atom stereocenters. The highest BCUT2D eigenvalue weighted by Gasteiger charge is 2.21. The highest BCUT2D eigenvalue weighted by molar-refractivity contribution is 5.49. The van der Waals surface area contributed by atoms with Crippen molar-refractivity contribution in [3.8, 4) is 17.2 Å². The first-order valence-corrected chi connectivity index (χ1v) is 4.70. The van der Waals surface area contributed by atoms with E-state index in [0.29, 0.717) is 12.0 Å². The molecular formula is C11H16O4. The van der Waals surface area contributed by atoms with Gasteiger partial charge in [0.05, 0.1) is 0 Å². The first-order valence-electron chi connectivity index (χ1n) is 4.70. The van der Waals surface area contributed by atoms with E-state index in [9.17, 15) is 10.2 Å². The number of phenols is 3. The monoisotopic (exact) mass is 212 g/mol. The minimum absolute atomic E-state index is 0.0489. The van der Waals surface area contributed by atoms with Crippen molar-refractivity contribution >= 4 is 0 Å². The van der Waals surface area contributed by atoms with Crippen molar-refractivity contribution in [2.45, 2.75) is 20.3 Å². The van der Waals surface area contributed by atoms with Gasteiger partial charge >= 0.3 is 0 Å². The molecule has 0 aliphatic rings. The second-order valence-electron chi connectivity index (χ2n) is 4.46. The molecule has 84 valence electrons. The zero-order valence-corrected chi connectivity index (χ0v) is 8.86. The quantitative estimate of drug-likeness (QED) is 0.610. The summed E-state index contributed by atoms with van der Waals surface area (Å²) in [6.45, 7) is 3.59. The number of hydrogen-bond donors (Lipinski definition) is 4. The molecule has 0 aliphatic heterocycles. The third-order valence-electron chi connectivity index (χ3n) is 2.27. The smallest absolute Gasteiger partial charge is 0.126 e. The van der Waals surface area contributed by atoms with Gasteiger partial charge in [0.25, 0.3) is 0 Å². The van der Waals surface area contributed by atoms with Crippen molar-refractivity contribution in [1.82, 2.24) is 0 Å². The zero-order valence-electron chi connectivity index (χ0n) is 8.86. The van der Waals surface area contributed by atoms with Crippen molar-refractivity contribution in [2.75, 3.05) is 6.61 Å². The van der Waals surface area contributed by atoms with E-state index >= 15 is 0 Å². The Bertz CT molecular complexity index is 335. The summed E-state index contributed by atoms with van der Waals surface area (Å²) < 4.78 is 0. The normalized spacial score (nSPS) is 11.7. The number of aromatic hydroxyl groups is 3.